The molecule has 1 aromatic heterocycles. The van der Waals surface area contributed by atoms with E-state index in [2.05, 4.69) is 22.1 Å². The SMILES string of the molecule is CCCC1(O)CN(Cc2cn(C)nn2)C1. The quantitative estimate of drug-likeness (QED) is 0.769. The molecule has 1 fully saturated rings. The standard InChI is InChI=1S/C10H18N4O/c1-3-4-10(15)7-14(8-10)6-9-5-13(2)12-11-9/h5,15H,3-4,6-8H2,1-2H3. The molecule has 0 aromatic carbocycles. The smallest absolute Gasteiger partial charge is 0.0967 e. The van der Waals surface area contributed by atoms with Crippen LogP contribution >= 0.6 is 0 Å². The van der Waals surface area contributed by atoms with Gasteiger partial charge in [0.15, 0.2) is 0 Å². The van der Waals surface area contributed by atoms with Crippen molar-refractivity contribution in [3.63, 3.8) is 0 Å². The first-order valence-corrected chi connectivity index (χ1v) is 5.41. The maximum atomic E-state index is 9.98. The number of hydrogen-bond donors (Lipinski definition) is 1. The molecule has 0 radical (unpaired) electrons. The molecule has 5 nitrogen and oxygen atoms in total. The van der Waals surface area contributed by atoms with Crippen LogP contribution in [0.4, 0.5) is 0 Å². The van der Waals surface area contributed by atoms with Crippen LogP contribution in [0.1, 0.15) is 25.5 Å². The van der Waals surface area contributed by atoms with Crippen LogP contribution in [0.25, 0.3) is 0 Å². The van der Waals surface area contributed by atoms with Crippen molar-refractivity contribution in [2.24, 2.45) is 7.05 Å². The number of hydrogen-bond acceptors (Lipinski definition) is 4. The Hall–Kier alpha value is -0.940. The van der Waals surface area contributed by atoms with E-state index in [-0.39, 0.29) is 0 Å². The third-order valence-corrected chi connectivity index (χ3v) is 2.79. The fourth-order valence-corrected chi connectivity index (χ4v) is 2.22. The second kappa shape index (κ2) is 3.90. The van der Waals surface area contributed by atoms with Gasteiger partial charge in [0.2, 0.25) is 0 Å². The lowest BCUT2D eigenvalue weighted by Gasteiger charge is -2.46. The van der Waals surface area contributed by atoms with E-state index in [4.69, 9.17) is 0 Å². The molecule has 2 heterocycles. The van der Waals surface area contributed by atoms with Gasteiger partial charge in [-0.3, -0.25) is 9.58 Å². The number of rotatable bonds is 4. The van der Waals surface area contributed by atoms with Crippen molar-refractivity contribution in [3.05, 3.63) is 11.9 Å². The van der Waals surface area contributed by atoms with Crippen LogP contribution in [0.3, 0.4) is 0 Å². The van der Waals surface area contributed by atoms with Crippen molar-refractivity contribution in [1.29, 1.82) is 0 Å². The summed E-state index contributed by atoms with van der Waals surface area (Å²) in [7, 11) is 1.86. The highest BCUT2D eigenvalue weighted by atomic mass is 16.3. The minimum absolute atomic E-state index is 0.447. The predicted octanol–water partition coefficient (Wildman–Crippen LogP) is 0.162. The number of aromatic nitrogens is 3. The van der Waals surface area contributed by atoms with Crippen LogP contribution in [-0.2, 0) is 13.6 Å². The van der Waals surface area contributed by atoms with Crippen LogP contribution in [0.2, 0.25) is 0 Å². The molecule has 0 atom stereocenters. The van der Waals surface area contributed by atoms with Crippen molar-refractivity contribution in [2.45, 2.75) is 31.9 Å². The summed E-state index contributed by atoms with van der Waals surface area (Å²) in [6.45, 7) is 4.41. The van der Waals surface area contributed by atoms with Crippen LogP contribution in [-0.4, -0.2) is 43.7 Å². The van der Waals surface area contributed by atoms with Crippen molar-refractivity contribution in [1.82, 2.24) is 19.9 Å². The highest BCUT2D eigenvalue weighted by molar-refractivity contribution is 5.00. The number of aliphatic hydroxyl groups is 1. The van der Waals surface area contributed by atoms with Gasteiger partial charge in [-0.25, -0.2) is 0 Å². The van der Waals surface area contributed by atoms with E-state index in [1.54, 1.807) is 4.68 Å². The fraction of sp³-hybridized carbons (Fsp3) is 0.800. The maximum absolute atomic E-state index is 9.98. The predicted molar refractivity (Wildman–Crippen MR) is 56.1 cm³/mol. The van der Waals surface area contributed by atoms with Crippen molar-refractivity contribution < 1.29 is 5.11 Å². The zero-order valence-corrected chi connectivity index (χ0v) is 9.35. The first-order chi connectivity index (χ1) is 7.11. The first-order valence-electron chi connectivity index (χ1n) is 5.41. The Kier molecular flexibility index (Phi) is 2.75. The number of nitrogens with zero attached hydrogens (tertiary/aromatic N) is 4. The van der Waals surface area contributed by atoms with Gasteiger partial charge in [-0.05, 0) is 6.42 Å². The minimum atomic E-state index is -0.447. The molecule has 1 aromatic rings. The molecule has 0 saturated carbocycles. The summed E-state index contributed by atoms with van der Waals surface area (Å²) in [6.07, 6.45) is 3.84. The Morgan fingerprint density at radius 3 is 2.80 bits per heavy atom. The van der Waals surface area contributed by atoms with Crippen LogP contribution in [0.5, 0.6) is 0 Å². The van der Waals surface area contributed by atoms with E-state index >= 15 is 0 Å². The zero-order valence-electron chi connectivity index (χ0n) is 9.35. The van der Waals surface area contributed by atoms with E-state index in [9.17, 15) is 5.11 Å². The normalized spacial score (nSPS) is 20.2. The number of likely N-dealkylation sites (tertiary alicyclic amines) is 1. The second-order valence-electron chi connectivity index (χ2n) is 4.50. The lowest BCUT2D eigenvalue weighted by molar-refractivity contribution is -0.107. The third kappa shape index (κ3) is 2.35. The van der Waals surface area contributed by atoms with Gasteiger partial charge in [0.05, 0.1) is 11.3 Å². The molecule has 15 heavy (non-hydrogen) atoms. The lowest BCUT2D eigenvalue weighted by Crippen LogP contribution is -2.60. The Balaban J connectivity index is 1.80. The van der Waals surface area contributed by atoms with Crippen molar-refractivity contribution in [3.8, 4) is 0 Å². The van der Waals surface area contributed by atoms with Gasteiger partial charge in [0.25, 0.3) is 0 Å². The number of β-amino-alcohol motifs (C(OH)–C–C–N with tert-alkyl or cyclic N) is 1. The molecule has 0 spiro atoms. The van der Waals surface area contributed by atoms with Gasteiger partial charge in [-0.1, -0.05) is 18.6 Å². The minimum Gasteiger partial charge on any atom is -0.387 e. The molecular weight excluding hydrogens is 192 g/mol. The van der Waals surface area contributed by atoms with E-state index in [1.165, 1.54) is 0 Å². The summed E-state index contributed by atoms with van der Waals surface area (Å²) in [5.74, 6) is 0. The Morgan fingerprint density at radius 1 is 1.53 bits per heavy atom. The Labute approximate surface area is 89.7 Å². The summed E-state index contributed by atoms with van der Waals surface area (Å²) in [5.41, 5.74) is 0.521. The molecule has 0 bridgehead atoms. The molecule has 1 aliphatic rings. The Bertz CT molecular complexity index is 330. The monoisotopic (exact) mass is 210 g/mol. The van der Waals surface area contributed by atoms with Gasteiger partial charge in [-0.2, -0.15) is 0 Å². The zero-order chi connectivity index (χ0) is 10.9. The average Bonchev–Trinajstić information content (AvgIpc) is 2.49. The summed E-state index contributed by atoms with van der Waals surface area (Å²) in [5, 5.41) is 17.9. The van der Waals surface area contributed by atoms with Gasteiger partial charge in [0.1, 0.15) is 0 Å². The van der Waals surface area contributed by atoms with Gasteiger partial charge >= 0.3 is 0 Å². The van der Waals surface area contributed by atoms with E-state index in [1.807, 2.05) is 13.2 Å². The summed E-state index contributed by atoms with van der Waals surface area (Å²) >= 11 is 0. The lowest BCUT2D eigenvalue weighted by atomic mass is 9.89. The van der Waals surface area contributed by atoms with Crippen LogP contribution in [0, 0.1) is 0 Å². The number of aryl methyl sites for hydroxylation is 1. The molecule has 0 aliphatic carbocycles. The van der Waals surface area contributed by atoms with Crippen LogP contribution < -0.4 is 0 Å². The topological polar surface area (TPSA) is 54.2 Å². The van der Waals surface area contributed by atoms with E-state index < -0.39 is 5.60 Å². The first kappa shape index (κ1) is 10.6. The third-order valence-electron chi connectivity index (χ3n) is 2.79. The van der Waals surface area contributed by atoms with Gasteiger partial charge < -0.3 is 5.11 Å². The van der Waals surface area contributed by atoms with Crippen molar-refractivity contribution >= 4 is 0 Å². The summed E-state index contributed by atoms with van der Waals surface area (Å²) < 4.78 is 1.70. The average molecular weight is 210 g/mol. The molecule has 0 amide bonds. The van der Waals surface area contributed by atoms with Crippen LogP contribution in [0.15, 0.2) is 6.20 Å². The molecule has 1 saturated heterocycles. The second-order valence-corrected chi connectivity index (χ2v) is 4.50. The van der Waals surface area contributed by atoms with Gasteiger partial charge in [0, 0.05) is 32.9 Å². The van der Waals surface area contributed by atoms with E-state index in [0.29, 0.717) is 0 Å². The molecule has 1 aliphatic heterocycles. The fourth-order valence-electron chi connectivity index (χ4n) is 2.22. The molecule has 5 heteroatoms. The highest BCUT2D eigenvalue weighted by Crippen LogP contribution is 2.26. The van der Waals surface area contributed by atoms with Gasteiger partial charge in [-0.15, -0.1) is 5.10 Å². The van der Waals surface area contributed by atoms with Crippen molar-refractivity contribution in [2.75, 3.05) is 13.1 Å². The largest absolute Gasteiger partial charge is 0.387 e. The molecule has 1 N–H and O–H groups in total. The Morgan fingerprint density at radius 2 is 2.27 bits per heavy atom. The summed E-state index contributed by atoms with van der Waals surface area (Å²) in [4.78, 5) is 2.19. The van der Waals surface area contributed by atoms with E-state index in [0.717, 1.165) is 38.2 Å². The molecular formula is C10H18N4O. The molecule has 2 rings (SSSR count). The maximum Gasteiger partial charge on any atom is 0.0967 e. The highest BCUT2D eigenvalue weighted by Gasteiger charge is 2.40. The summed E-state index contributed by atoms with van der Waals surface area (Å²) in [6, 6.07) is 0. The molecule has 84 valence electrons. The molecule has 0 unspecified atom stereocenters.